The standard InChI is InChI=1S/C21H25ClN4O2S/c22-17-6-4-5-16(13-17)20-23-18(15-29-20)21(28)26-11-9-24(10-12-26)14-19(27)25-7-2-1-3-8-25/h4-6,13,15H,1-3,7-12,14H2. The van der Waals surface area contributed by atoms with Gasteiger partial charge in [-0.05, 0) is 31.4 Å². The van der Waals surface area contributed by atoms with Crippen LogP contribution in [0.25, 0.3) is 10.6 Å². The number of benzene rings is 1. The quantitative estimate of drug-likeness (QED) is 0.744. The van der Waals surface area contributed by atoms with Crippen molar-refractivity contribution in [3.63, 3.8) is 0 Å². The Labute approximate surface area is 180 Å². The Morgan fingerprint density at radius 1 is 1.00 bits per heavy atom. The Bertz CT molecular complexity index is 873. The number of piperidine rings is 1. The molecule has 2 aliphatic heterocycles. The molecule has 6 nitrogen and oxygen atoms in total. The molecule has 2 aliphatic rings. The number of rotatable bonds is 4. The van der Waals surface area contributed by atoms with Gasteiger partial charge in [-0.3, -0.25) is 14.5 Å². The Balaban J connectivity index is 1.30. The van der Waals surface area contributed by atoms with Crippen LogP contribution in [0.3, 0.4) is 0 Å². The lowest BCUT2D eigenvalue weighted by Crippen LogP contribution is -2.52. The first kappa shape index (κ1) is 20.3. The first-order valence-corrected chi connectivity index (χ1v) is 11.4. The zero-order valence-electron chi connectivity index (χ0n) is 16.3. The molecule has 29 heavy (non-hydrogen) atoms. The SMILES string of the molecule is O=C(CN1CCN(C(=O)c2csc(-c3cccc(Cl)c3)n2)CC1)N1CCCCC1. The smallest absolute Gasteiger partial charge is 0.273 e. The predicted molar refractivity (Wildman–Crippen MR) is 115 cm³/mol. The van der Waals surface area contributed by atoms with Crippen LogP contribution in [0.2, 0.25) is 5.02 Å². The summed E-state index contributed by atoms with van der Waals surface area (Å²) in [6.45, 7) is 4.91. The number of hydrogen-bond acceptors (Lipinski definition) is 5. The van der Waals surface area contributed by atoms with E-state index in [0.717, 1.165) is 49.6 Å². The number of likely N-dealkylation sites (tertiary alicyclic amines) is 1. The Morgan fingerprint density at radius 2 is 1.76 bits per heavy atom. The molecule has 0 radical (unpaired) electrons. The van der Waals surface area contributed by atoms with E-state index in [0.29, 0.717) is 30.4 Å². The van der Waals surface area contributed by atoms with Gasteiger partial charge in [-0.1, -0.05) is 23.7 Å². The van der Waals surface area contributed by atoms with Crippen molar-refractivity contribution in [3.05, 3.63) is 40.4 Å². The number of carbonyl (C=O) groups excluding carboxylic acids is 2. The molecule has 2 fully saturated rings. The van der Waals surface area contributed by atoms with Crippen LogP contribution in [-0.2, 0) is 4.79 Å². The largest absolute Gasteiger partial charge is 0.342 e. The average Bonchev–Trinajstić information content (AvgIpc) is 3.25. The lowest BCUT2D eigenvalue weighted by atomic mass is 10.1. The summed E-state index contributed by atoms with van der Waals surface area (Å²) in [6.07, 6.45) is 3.44. The lowest BCUT2D eigenvalue weighted by Gasteiger charge is -2.35. The van der Waals surface area contributed by atoms with Crippen LogP contribution in [0, 0.1) is 0 Å². The minimum Gasteiger partial charge on any atom is -0.342 e. The molecule has 0 aliphatic carbocycles. The van der Waals surface area contributed by atoms with Gasteiger partial charge in [-0.25, -0.2) is 4.98 Å². The van der Waals surface area contributed by atoms with Crippen molar-refractivity contribution in [3.8, 4) is 10.6 Å². The number of amides is 2. The van der Waals surface area contributed by atoms with E-state index in [9.17, 15) is 9.59 Å². The van der Waals surface area contributed by atoms with Gasteiger partial charge in [-0.2, -0.15) is 0 Å². The predicted octanol–water partition coefficient (Wildman–Crippen LogP) is 3.23. The maximum atomic E-state index is 12.8. The molecule has 4 rings (SSSR count). The number of aromatic nitrogens is 1. The highest BCUT2D eigenvalue weighted by molar-refractivity contribution is 7.13. The summed E-state index contributed by atoms with van der Waals surface area (Å²) in [6, 6.07) is 7.50. The molecule has 2 saturated heterocycles. The third kappa shape index (κ3) is 4.97. The van der Waals surface area contributed by atoms with Gasteiger partial charge in [0.1, 0.15) is 10.7 Å². The van der Waals surface area contributed by atoms with Crippen LogP contribution in [0.5, 0.6) is 0 Å². The molecule has 0 unspecified atom stereocenters. The summed E-state index contributed by atoms with van der Waals surface area (Å²) in [4.78, 5) is 35.8. The fourth-order valence-electron chi connectivity index (χ4n) is 3.83. The molecular weight excluding hydrogens is 408 g/mol. The highest BCUT2D eigenvalue weighted by Crippen LogP contribution is 2.26. The molecule has 1 aromatic carbocycles. The molecule has 1 aromatic heterocycles. The van der Waals surface area contributed by atoms with E-state index in [4.69, 9.17) is 11.6 Å². The highest BCUT2D eigenvalue weighted by atomic mass is 35.5. The van der Waals surface area contributed by atoms with Crippen LogP contribution in [-0.4, -0.2) is 77.3 Å². The molecule has 2 aromatic rings. The van der Waals surface area contributed by atoms with E-state index in [1.54, 1.807) is 0 Å². The minimum absolute atomic E-state index is 0.0449. The van der Waals surface area contributed by atoms with Gasteiger partial charge in [0, 0.05) is 55.2 Å². The van der Waals surface area contributed by atoms with Crippen molar-refractivity contribution in [1.29, 1.82) is 0 Å². The van der Waals surface area contributed by atoms with Crippen molar-refractivity contribution in [2.75, 3.05) is 45.8 Å². The fraction of sp³-hybridized carbons (Fsp3) is 0.476. The van der Waals surface area contributed by atoms with E-state index in [-0.39, 0.29) is 11.8 Å². The van der Waals surface area contributed by atoms with Gasteiger partial charge in [-0.15, -0.1) is 11.3 Å². The van der Waals surface area contributed by atoms with Crippen molar-refractivity contribution in [2.24, 2.45) is 0 Å². The van der Waals surface area contributed by atoms with E-state index < -0.39 is 0 Å². The first-order valence-electron chi connectivity index (χ1n) is 10.1. The van der Waals surface area contributed by atoms with Crippen LogP contribution in [0.4, 0.5) is 0 Å². The van der Waals surface area contributed by atoms with Gasteiger partial charge < -0.3 is 9.80 Å². The Hall–Kier alpha value is -1.96. The molecule has 3 heterocycles. The lowest BCUT2D eigenvalue weighted by molar-refractivity contribution is -0.133. The summed E-state index contributed by atoms with van der Waals surface area (Å²) in [5, 5.41) is 3.26. The molecular formula is C21H25ClN4O2S. The maximum Gasteiger partial charge on any atom is 0.273 e. The third-order valence-corrected chi connectivity index (χ3v) is 6.65. The molecule has 0 atom stereocenters. The normalized spacial score (nSPS) is 18.1. The zero-order chi connectivity index (χ0) is 20.2. The fourth-order valence-corrected chi connectivity index (χ4v) is 4.81. The number of thiazole rings is 1. The third-order valence-electron chi connectivity index (χ3n) is 5.52. The Kier molecular flexibility index (Phi) is 6.47. The Morgan fingerprint density at radius 3 is 2.48 bits per heavy atom. The summed E-state index contributed by atoms with van der Waals surface area (Å²) in [5.74, 6) is 0.173. The molecule has 2 amide bonds. The second-order valence-corrected chi connectivity index (χ2v) is 8.85. The molecule has 0 bridgehead atoms. The van der Waals surface area contributed by atoms with Crippen molar-refractivity contribution in [2.45, 2.75) is 19.3 Å². The topological polar surface area (TPSA) is 56.8 Å². The number of piperazine rings is 1. The molecule has 0 saturated carbocycles. The van der Waals surface area contributed by atoms with Crippen LogP contribution in [0.1, 0.15) is 29.8 Å². The van der Waals surface area contributed by atoms with E-state index >= 15 is 0 Å². The molecule has 8 heteroatoms. The summed E-state index contributed by atoms with van der Waals surface area (Å²) in [5.41, 5.74) is 1.39. The van der Waals surface area contributed by atoms with Gasteiger partial charge in [0.05, 0.1) is 6.54 Å². The highest BCUT2D eigenvalue weighted by Gasteiger charge is 2.26. The van der Waals surface area contributed by atoms with Gasteiger partial charge in [0.25, 0.3) is 5.91 Å². The van der Waals surface area contributed by atoms with Crippen LogP contribution < -0.4 is 0 Å². The zero-order valence-corrected chi connectivity index (χ0v) is 17.9. The van der Waals surface area contributed by atoms with E-state index in [1.165, 1.54) is 17.8 Å². The first-order chi connectivity index (χ1) is 14.1. The number of carbonyl (C=O) groups is 2. The number of hydrogen-bond donors (Lipinski definition) is 0. The number of halogens is 1. The van der Waals surface area contributed by atoms with E-state index in [1.807, 2.05) is 39.4 Å². The summed E-state index contributed by atoms with van der Waals surface area (Å²) in [7, 11) is 0. The monoisotopic (exact) mass is 432 g/mol. The average molecular weight is 433 g/mol. The van der Waals surface area contributed by atoms with Gasteiger partial charge in [0.15, 0.2) is 0 Å². The second-order valence-electron chi connectivity index (χ2n) is 7.56. The van der Waals surface area contributed by atoms with Crippen LogP contribution >= 0.6 is 22.9 Å². The summed E-state index contributed by atoms with van der Waals surface area (Å²) < 4.78 is 0. The van der Waals surface area contributed by atoms with E-state index in [2.05, 4.69) is 9.88 Å². The molecule has 154 valence electrons. The van der Waals surface area contributed by atoms with Gasteiger partial charge in [0.2, 0.25) is 5.91 Å². The number of nitrogens with zero attached hydrogens (tertiary/aromatic N) is 4. The van der Waals surface area contributed by atoms with Crippen LogP contribution in [0.15, 0.2) is 29.6 Å². The van der Waals surface area contributed by atoms with Crippen molar-refractivity contribution < 1.29 is 9.59 Å². The molecule has 0 spiro atoms. The van der Waals surface area contributed by atoms with Gasteiger partial charge >= 0.3 is 0 Å². The minimum atomic E-state index is -0.0449. The second kappa shape index (κ2) is 9.24. The van der Waals surface area contributed by atoms with Crippen molar-refractivity contribution in [1.82, 2.24) is 19.7 Å². The van der Waals surface area contributed by atoms with Crippen molar-refractivity contribution >= 4 is 34.8 Å². The maximum absolute atomic E-state index is 12.8. The summed E-state index contributed by atoms with van der Waals surface area (Å²) >= 11 is 7.51. The molecule has 0 N–H and O–H groups in total.